The molecule has 6 heteroatoms. The number of pyridine rings is 2. The first kappa shape index (κ1) is 18.5. The second kappa shape index (κ2) is 8.40. The van der Waals surface area contributed by atoms with Gasteiger partial charge >= 0.3 is 0 Å². The summed E-state index contributed by atoms with van der Waals surface area (Å²) in [6.45, 7) is 0. The number of rotatable bonds is 7. The van der Waals surface area contributed by atoms with Crippen molar-refractivity contribution in [3.8, 4) is 16.9 Å². The maximum atomic E-state index is 13.4. The Morgan fingerprint density at radius 3 is 2.59 bits per heavy atom. The maximum absolute atomic E-state index is 13.4. The van der Waals surface area contributed by atoms with Gasteiger partial charge in [0.2, 0.25) is 5.91 Å². The quantitative estimate of drug-likeness (QED) is 0.697. The van der Waals surface area contributed by atoms with Crippen LogP contribution in [0.25, 0.3) is 11.1 Å². The highest BCUT2D eigenvalue weighted by molar-refractivity contribution is 5.77. The standard InChI is InChI=1S/C21H20FN3O2/c1-27-20-13-17(22)2-3-19(20)15-6-9-25-18(11-15)12-16(21(23)26)10-14-4-7-24-8-5-14/h2-9,11,13,16H,10,12H2,1H3,(H2,23,26). The van der Waals surface area contributed by atoms with E-state index in [0.29, 0.717) is 18.6 Å². The minimum atomic E-state index is -0.384. The number of carbonyl (C=O) groups is 1. The summed E-state index contributed by atoms with van der Waals surface area (Å²) < 4.78 is 18.7. The van der Waals surface area contributed by atoms with Crippen LogP contribution in [0.2, 0.25) is 0 Å². The molecule has 0 aliphatic rings. The summed E-state index contributed by atoms with van der Waals surface area (Å²) in [7, 11) is 1.50. The number of nitrogens with two attached hydrogens (primary N) is 1. The summed E-state index contributed by atoms with van der Waals surface area (Å²) in [5.74, 6) is -0.685. The summed E-state index contributed by atoms with van der Waals surface area (Å²) in [4.78, 5) is 20.3. The number of ether oxygens (including phenoxy) is 1. The van der Waals surface area contributed by atoms with Crippen LogP contribution in [0.5, 0.6) is 5.75 Å². The number of halogens is 1. The Balaban J connectivity index is 1.85. The van der Waals surface area contributed by atoms with Crippen molar-refractivity contribution in [2.45, 2.75) is 12.8 Å². The smallest absolute Gasteiger partial charge is 0.221 e. The minimum absolute atomic E-state index is 0.365. The van der Waals surface area contributed by atoms with Gasteiger partial charge in [0.15, 0.2) is 0 Å². The number of amides is 1. The molecule has 0 saturated carbocycles. The molecule has 0 spiro atoms. The zero-order valence-corrected chi connectivity index (χ0v) is 14.9. The highest BCUT2D eigenvalue weighted by atomic mass is 19.1. The Hall–Kier alpha value is -3.28. The number of methoxy groups -OCH3 is 1. The lowest BCUT2D eigenvalue weighted by Gasteiger charge is -2.14. The van der Waals surface area contributed by atoms with Gasteiger partial charge in [0.1, 0.15) is 11.6 Å². The number of nitrogens with zero attached hydrogens (tertiary/aromatic N) is 2. The largest absolute Gasteiger partial charge is 0.496 e. The molecule has 0 aliphatic heterocycles. The first-order chi connectivity index (χ1) is 13.1. The van der Waals surface area contributed by atoms with Crippen LogP contribution in [-0.2, 0) is 17.6 Å². The molecule has 2 N–H and O–H groups in total. The molecule has 2 aromatic heterocycles. The Bertz CT molecular complexity index is 932. The average Bonchev–Trinajstić information content (AvgIpc) is 2.68. The molecule has 0 fully saturated rings. The summed E-state index contributed by atoms with van der Waals surface area (Å²) >= 11 is 0. The van der Waals surface area contributed by atoms with E-state index in [1.54, 1.807) is 24.7 Å². The van der Waals surface area contributed by atoms with Gasteiger partial charge in [0.05, 0.1) is 7.11 Å². The van der Waals surface area contributed by atoms with Gasteiger partial charge < -0.3 is 10.5 Å². The molecule has 0 saturated heterocycles. The summed E-state index contributed by atoms with van der Waals surface area (Å²) in [5.41, 5.74) is 8.92. The van der Waals surface area contributed by atoms with Gasteiger partial charge in [-0.05, 0) is 53.9 Å². The fourth-order valence-electron chi connectivity index (χ4n) is 2.99. The SMILES string of the molecule is COc1cc(F)ccc1-c1ccnc(CC(Cc2ccncc2)C(N)=O)c1. The van der Waals surface area contributed by atoms with Gasteiger partial charge in [-0.2, -0.15) is 0 Å². The van der Waals surface area contributed by atoms with Crippen molar-refractivity contribution in [2.24, 2.45) is 11.7 Å². The van der Waals surface area contributed by atoms with Crippen LogP contribution in [-0.4, -0.2) is 23.0 Å². The first-order valence-corrected chi connectivity index (χ1v) is 8.54. The predicted octanol–water partition coefficient (Wildman–Crippen LogP) is 3.18. The van der Waals surface area contributed by atoms with Gasteiger partial charge in [-0.25, -0.2) is 4.39 Å². The molecule has 5 nitrogen and oxygen atoms in total. The normalized spacial score (nSPS) is 11.8. The van der Waals surface area contributed by atoms with Crippen LogP contribution in [0.4, 0.5) is 4.39 Å². The molecule has 138 valence electrons. The van der Waals surface area contributed by atoms with E-state index in [-0.39, 0.29) is 17.6 Å². The number of aromatic nitrogens is 2. The molecule has 1 amide bonds. The van der Waals surface area contributed by atoms with E-state index in [4.69, 9.17) is 10.5 Å². The van der Waals surface area contributed by atoms with Crippen molar-refractivity contribution in [3.63, 3.8) is 0 Å². The first-order valence-electron chi connectivity index (χ1n) is 8.54. The van der Waals surface area contributed by atoms with Crippen molar-refractivity contribution in [1.82, 2.24) is 9.97 Å². The second-order valence-corrected chi connectivity index (χ2v) is 6.24. The van der Waals surface area contributed by atoms with Gasteiger partial charge in [-0.1, -0.05) is 0 Å². The second-order valence-electron chi connectivity index (χ2n) is 6.24. The molecule has 0 bridgehead atoms. The third-order valence-electron chi connectivity index (χ3n) is 4.38. The molecule has 1 unspecified atom stereocenters. The monoisotopic (exact) mass is 365 g/mol. The maximum Gasteiger partial charge on any atom is 0.221 e. The molecule has 3 aromatic rings. The zero-order chi connectivity index (χ0) is 19.2. The van der Waals surface area contributed by atoms with Gasteiger partial charge in [-0.3, -0.25) is 14.8 Å². The Kier molecular flexibility index (Phi) is 5.76. The highest BCUT2D eigenvalue weighted by Gasteiger charge is 2.18. The summed E-state index contributed by atoms with van der Waals surface area (Å²) in [5, 5.41) is 0. The molecule has 0 radical (unpaired) electrons. The van der Waals surface area contributed by atoms with Crippen LogP contribution >= 0.6 is 0 Å². The molecule has 3 rings (SSSR count). The summed E-state index contributed by atoms with van der Waals surface area (Å²) in [6.07, 6.45) is 5.97. The van der Waals surface area contributed by atoms with E-state index in [9.17, 15) is 9.18 Å². The fraction of sp³-hybridized carbons (Fsp3) is 0.190. The van der Waals surface area contributed by atoms with Crippen molar-refractivity contribution >= 4 is 5.91 Å². The number of benzene rings is 1. The van der Waals surface area contributed by atoms with E-state index in [1.165, 1.54) is 19.2 Å². The average molecular weight is 365 g/mol. The topological polar surface area (TPSA) is 78.1 Å². The van der Waals surface area contributed by atoms with Crippen molar-refractivity contribution in [1.29, 1.82) is 0 Å². The summed E-state index contributed by atoms with van der Waals surface area (Å²) in [6, 6.07) is 11.8. The lowest BCUT2D eigenvalue weighted by molar-refractivity contribution is -0.121. The lowest BCUT2D eigenvalue weighted by atomic mass is 9.93. The van der Waals surface area contributed by atoms with E-state index in [2.05, 4.69) is 9.97 Å². The lowest BCUT2D eigenvalue weighted by Crippen LogP contribution is -2.27. The number of hydrogen-bond donors (Lipinski definition) is 1. The molecule has 2 heterocycles. The van der Waals surface area contributed by atoms with Gasteiger partial charge in [-0.15, -0.1) is 0 Å². The van der Waals surface area contributed by atoms with Gasteiger partial charge in [0, 0.05) is 48.3 Å². The minimum Gasteiger partial charge on any atom is -0.496 e. The third kappa shape index (κ3) is 4.67. The molecule has 1 atom stereocenters. The van der Waals surface area contributed by atoms with E-state index in [1.807, 2.05) is 24.3 Å². The van der Waals surface area contributed by atoms with E-state index < -0.39 is 0 Å². The van der Waals surface area contributed by atoms with Crippen LogP contribution in [0, 0.1) is 11.7 Å². The van der Waals surface area contributed by atoms with Crippen molar-refractivity contribution in [3.05, 3.63) is 78.1 Å². The van der Waals surface area contributed by atoms with Crippen LogP contribution < -0.4 is 10.5 Å². The van der Waals surface area contributed by atoms with Crippen molar-refractivity contribution in [2.75, 3.05) is 7.11 Å². The van der Waals surface area contributed by atoms with E-state index >= 15 is 0 Å². The van der Waals surface area contributed by atoms with Gasteiger partial charge in [0.25, 0.3) is 0 Å². The molecule has 27 heavy (non-hydrogen) atoms. The molecule has 0 aliphatic carbocycles. The Morgan fingerprint density at radius 2 is 1.89 bits per heavy atom. The van der Waals surface area contributed by atoms with Crippen molar-refractivity contribution < 1.29 is 13.9 Å². The Labute approximate surface area is 157 Å². The number of carbonyl (C=O) groups excluding carboxylic acids is 1. The van der Waals surface area contributed by atoms with E-state index in [0.717, 1.165) is 22.4 Å². The number of primary amides is 1. The fourth-order valence-corrected chi connectivity index (χ4v) is 2.99. The predicted molar refractivity (Wildman–Crippen MR) is 101 cm³/mol. The van der Waals surface area contributed by atoms with Crippen LogP contribution in [0.15, 0.2) is 61.1 Å². The number of hydrogen-bond acceptors (Lipinski definition) is 4. The Morgan fingerprint density at radius 1 is 1.11 bits per heavy atom. The highest BCUT2D eigenvalue weighted by Crippen LogP contribution is 2.31. The molecule has 1 aromatic carbocycles. The zero-order valence-electron chi connectivity index (χ0n) is 14.9. The molecular weight excluding hydrogens is 345 g/mol. The molecular formula is C21H20FN3O2. The third-order valence-corrected chi connectivity index (χ3v) is 4.38. The van der Waals surface area contributed by atoms with Crippen LogP contribution in [0.3, 0.4) is 0 Å². The van der Waals surface area contributed by atoms with Crippen LogP contribution in [0.1, 0.15) is 11.3 Å².